The minimum Gasteiger partial charge on any atom is -0.477 e. The van der Waals surface area contributed by atoms with Crippen LogP contribution in [0.4, 0.5) is 0 Å². The first-order valence-electron chi connectivity index (χ1n) is 11.5. The van der Waals surface area contributed by atoms with E-state index in [1.165, 1.54) is 0 Å². The molecule has 200 valence electrons. The summed E-state index contributed by atoms with van der Waals surface area (Å²) in [7, 11) is 0. The van der Waals surface area contributed by atoms with Gasteiger partial charge in [-0.15, -0.1) is 0 Å². The summed E-state index contributed by atoms with van der Waals surface area (Å²) >= 11 is 0. The van der Waals surface area contributed by atoms with Crippen LogP contribution in [0.1, 0.15) is 12.0 Å². The molecule has 0 aromatic heterocycles. The second-order valence-corrected chi connectivity index (χ2v) is 8.80. The highest BCUT2D eigenvalue weighted by Crippen LogP contribution is 2.30. The zero-order valence-electron chi connectivity index (χ0n) is 19.7. The Hall–Kier alpha value is -3.39. The van der Waals surface area contributed by atoms with Crippen molar-refractivity contribution in [3.8, 4) is 11.1 Å². The Morgan fingerprint density at radius 1 is 1.00 bits per heavy atom. The molecular weight excluding hydrogens is 488 g/mol. The number of hydrogen-bond acceptors (Lipinski definition) is 9. The molecular formula is C25H30N2O10. The minimum atomic E-state index is -2.90. The summed E-state index contributed by atoms with van der Waals surface area (Å²) < 4.78 is 5.07. The highest BCUT2D eigenvalue weighted by Gasteiger charge is 2.54. The summed E-state index contributed by atoms with van der Waals surface area (Å²) in [5.74, 6) is -6.20. The van der Waals surface area contributed by atoms with E-state index < -0.39 is 73.6 Å². The molecule has 2 aromatic carbocycles. The van der Waals surface area contributed by atoms with E-state index in [4.69, 9.17) is 9.84 Å². The summed E-state index contributed by atoms with van der Waals surface area (Å²) in [5, 5.41) is 64.4. The van der Waals surface area contributed by atoms with Crippen molar-refractivity contribution in [3.05, 3.63) is 60.2 Å². The normalized spacial score (nSPS) is 25.1. The van der Waals surface area contributed by atoms with Gasteiger partial charge in [-0.3, -0.25) is 9.59 Å². The van der Waals surface area contributed by atoms with Gasteiger partial charge in [0.25, 0.3) is 5.79 Å². The van der Waals surface area contributed by atoms with Gasteiger partial charge in [-0.2, -0.15) is 0 Å². The number of ether oxygens (including phenoxy) is 1. The van der Waals surface area contributed by atoms with Gasteiger partial charge in [-0.25, -0.2) is 4.79 Å². The monoisotopic (exact) mass is 518 g/mol. The average Bonchev–Trinajstić information content (AvgIpc) is 2.89. The Balaban J connectivity index is 1.61. The Morgan fingerprint density at radius 3 is 2.22 bits per heavy atom. The van der Waals surface area contributed by atoms with Crippen molar-refractivity contribution in [3.63, 3.8) is 0 Å². The van der Waals surface area contributed by atoms with Crippen LogP contribution in [0, 0.1) is 0 Å². The lowest BCUT2D eigenvalue weighted by Gasteiger charge is -2.44. The van der Waals surface area contributed by atoms with Gasteiger partial charge in [-0.05, 0) is 16.7 Å². The number of nitrogens with one attached hydrogen (secondary N) is 2. The predicted octanol–water partition coefficient (Wildman–Crippen LogP) is -1.87. The smallest absolute Gasteiger partial charge is 0.364 e. The highest BCUT2D eigenvalue weighted by molar-refractivity contribution is 5.79. The topological polar surface area (TPSA) is 206 Å². The fourth-order valence-corrected chi connectivity index (χ4v) is 4.06. The number of carboxylic acid groups (broad SMARTS) is 1. The van der Waals surface area contributed by atoms with Crippen LogP contribution in [-0.2, 0) is 25.5 Å². The fourth-order valence-electron chi connectivity index (χ4n) is 4.06. The maximum absolute atomic E-state index is 12.4. The number of amides is 2. The van der Waals surface area contributed by atoms with Crippen LogP contribution in [0.5, 0.6) is 0 Å². The van der Waals surface area contributed by atoms with Crippen LogP contribution < -0.4 is 10.6 Å². The molecule has 2 amide bonds. The molecule has 1 aliphatic rings. The van der Waals surface area contributed by atoms with E-state index in [0.717, 1.165) is 11.1 Å². The second-order valence-electron chi connectivity index (χ2n) is 8.80. The maximum atomic E-state index is 12.4. The largest absolute Gasteiger partial charge is 0.477 e. The van der Waals surface area contributed by atoms with Crippen LogP contribution in [-0.4, -0.2) is 97.8 Å². The number of aliphatic hydroxyl groups is 5. The second kappa shape index (κ2) is 12.2. The maximum Gasteiger partial charge on any atom is 0.364 e. The van der Waals surface area contributed by atoms with E-state index in [1.54, 1.807) is 12.1 Å². The van der Waals surface area contributed by atoms with Crippen molar-refractivity contribution in [2.24, 2.45) is 0 Å². The first-order valence-corrected chi connectivity index (χ1v) is 11.5. The molecule has 0 spiro atoms. The standard InChI is InChI=1S/C25H30N2O10/c28-13-20(32)27-21-17(29)11-25(36,24(34)35)37-23(21)22(33)18(30)12-26-19(31)10-14-6-8-16(9-7-14)15-4-2-1-3-5-15/h1-9,17-18,21-23,28-30,33,36H,10-13H2,(H,26,31)(H,27,32)(H,34,35)/t17-,18+,21+,22+,23+,25+/m0/s1. The Bertz CT molecular complexity index is 1080. The molecule has 1 aliphatic heterocycles. The van der Waals surface area contributed by atoms with E-state index in [2.05, 4.69) is 10.6 Å². The van der Waals surface area contributed by atoms with Gasteiger partial charge >= 0.3 is 5.97 Å². The van der Waals surface area contributed by atoms with Crippen LogP contribution in [0.3, 0.4) is 0 Å². The van der Waals surface area contributed by atoms with Gasteiger partial charge < -0.3 is 46.0 Å². The molecule has 37 heavy (non-hydrogen) atoms. The van der Waals surface area contributed by atoms with Crippen LogP contribution in [0.15, 0.2) is 54.6 Å². The number of carbonyl (C=O) groups excluding carboxylic acids is 2. The molecule has 3 rings (SSSR count). The zero-order chi connectivity index (χ0) is 27.2. The third-order valence-electron chi connectivity index (χ3n) is 6.06. The van der Waals surface area contributed by atoms with Crippen molar-refractivity contribution in [2.75, 3.05) is 13.2 Å². The van der Waals surface area contributed by atoms with Crippen LogP contribution in [0.25, 0.3) is 11.1 Å². The SMILES string of the molecule is O=C(Cc1ccc(-c2ccccc2)cc1)NC[C@@H](O)[C@@H](O)[C@@H]1O[C@@](O)(C(=O)O)C[C@H](O)[C@H]1NC(=O)CO. The minimum absolute atomic E-state index is 0.0233. The number of aliphatic carboxylic acids is 1. The third-order valence-corrected chi connectivity index (χ3v) is 6.06. The first kappa shape index (κ1) is 28.2. The van der Waals surface area contributed by atoms with Gasteiger partial charge in [0.05, 0.1) is 24.7 Å². The summed E-state index contributed by atoms with van der Waals surface area (Å²) in [4.78, 5) is 35.4. The van der Waals surface area contributed by atoms with Gasteiger partial charge in [0.1, 0.15) is 18.8 Å². The Kier molecular flexibility index (Phi) is 9.32. The van der Waals surface area contributed by atoms with Gasteiger partial charge in [0.2, 0.25) is 11.8 Å². The van der Waals surface area contributed by atoms with Crippen molar-refractivity contribution in [2.45, 2.75) is 49.1 Å². The molecule has 0 aliphatic carbocycles. The van der Waals surface area contributed by atoms with E-state index in [9.17, 15) is 39.9 Å². The van der Waals surface area contributed by atoms with Crippen molar-refractivity contribution >= 4 is 17.8 Å². The molecule has 0 radical (unpaired) electrons. The summed E-state index contributed by atoms with van der Waals surface area (Å²) in [6, 6.07) is 15.5. The predicted molar refractivity (Wildman–Crippen MR) is 128 cm³/mol. The number of aliphatic hydroxyl groups excluding tert-OH is 4. The van der Waals surface area contributed by atoms with Crippen molar-refractivity contribution in [1.82, 2.24) is 10.6 Å². The molecule has 6 atom stereocenters. The number of benzene rings is 2. The number of carboxylic acids is 1. The molecule has 0 unspecified atom stereocenters. The van der Waals surface area contributed by atoms with Crippen molar-refractivity contribution < 1.29 is 49.8 Å². The number of hydrogen-bond donors (Lipinski definition) is 8. The lowest BCUT2D eigenvalue weighted by molar-refractivity contribution is -0.294. The fraction of sp³-hybridized carbons (Fsp3) is 0.400. The molecule has 0 saturated carbocycles. The molecule has 12 nitrogen and oxygen atoms in total. The van der Waals surface area contributed by atoms with E-state index in [0.29, 0.717) is 5.56 Å². The van der Waals surface area contributed by atoms with Gasteiger partial charge in [0, 0.05) is 13.0 Å². The molecule has 12 heteroatoms. The summed E-state index contributed by atoms with van der Waals surface area (Å²) in [6.07, 6.45) is -8.05. The van der Waals surface area contributed by atoms with Gasteiger partial charge in [-0.1, -0.05) is 54.6 Å². The molecule has 2 aromatic rings. The Labute approximate surface area is 212 Å². The molecule has 0 bridgehead atoms. The molecule has 1 fully saturated rings. The lowest BCUT2D eigenvalue weighted by atomic mass is 9.88. The average molecular weight is 519 g/mol. The lowest BCUT2D eigenvalue weighted by Crippen LogP contribution is -2.67. The van der Waals surface area contributed by atoms with E-state index in [1.807, 2.05) is 42.5 Å². The third kappa shape index (κ3) is 7.10. The zero-order valence-corrected chi connectivity index (χ0v) is 19.7. The van der Waals surface area contributed by atoms with Crippen LogP contribution in [0.2, 0.25) is 0 Å². The van der Waals surface area contributed by atoms with Crippen LogP contribution >= 0.6 is 0 Å². The Morgan fingerprint density at radius 2 is 1.62 bits per heavy atom. The van der Waals surface area contributed by atoms with E-state index >= 15 is 0 Å². The quantitative estimate of drug-likeness (QED) is 0.176. The number of rotatable bonds is 10. The molecule has 1 heterocycles. The summed E-state index contributed by atoms with van der Waals surface area (Å²) in [5.41, 5.74) is 2.69. The molecule has 1 saturated heterocycles. The van der Waals surface area contributed by atoms with Gasteiger partial charge in [0.15, 0.2) is 0 Å². The van der Waals surface area contributed by atoms with Crippen molar-refractivity contribution in [1.29, 1.82) is 0 Å². The summed E-state index contributed by atoms with van der Waals surface area (Å²) in [6.45, 7) is -1.45. The first-order chi connectivity index (χ1) is 17.5. The van der Waals surface area contributed by atoms with E-state index in [-0.39, 0.29) is 6.42 Å². The molecule has 8 N–H and O–H groups in total. The number of carbonyl (C=O) groups is 3. The highest BCUT2D eigenvalue weighted by atomic mass is 16.7.